The van der Waals surface area contributed by atoms with E-state index in [2.05, 4.69) is 47.2 Å². The first-order valence-electron chi connectivity index (χ1n) is 11.9. The van der Waals surface area contributed by atoms with Crippen LogP contribution in [0.2, 0.25) is 5.02 Å². The SMILES string of the molecule is CC(C)[C@H]1CN(C(c2ccc(Cl)cc2)c2ccccn2)CCN1C(=O)CC1CCNCC1.Cl.Cl. The largest absolute Gasteiger partial charge is 0.337 e. The molecule has 1 N–H and O–H groups in total. The summed E-state index contributed by atoms with van der Waals surface area (Å²) in [6.45, 7) is 8.99. The highest BCUT2D eigenvalue weighted by Gasteiger charge is 2.36. The molecule has 1 aromatic heterocycles. The Morgan fingerprint density at radius 2 is 1.79 bits per heavy atom. The molecule has 4 rings (SSSR count). The van der Waals surface area contributed by atoms with E-state index in [1.54, 1.807) is 0 Å². The second-order valence-electron chi connectivity index (χ2n) is 9.50. The van der Waals surface area contributed by atoms with Gasteiger partial charge in [-0.3, -0.25) is 14.7 Å². The van der Waals surface area contributed by atoms with Crippen LogP contribution in [0.5, 0.6) is 0 Å². The van der Waals surface area contributed by atoms with E-state index in [1.807, 2.05) is 30.5 Å². The van der Waals surface area contributed by atoms with E-state index in [-0.39, 0.29) is 36.9 Å². The van der Waals surface area contributed by atoms with Gasteiger partial charge >= 0.3 is 0 Å². The highest BCUT2D eigenvalue weighted by atomic mass is 35.5. The van der Waals surface area contributed by atoms with Crippen molar-refractivity contribution in [2.24, 2.45) is 11.8 Å². The van der Waals surface area contributed by atoms with Crippen LogP contribution < -0.4 is 5.32 Å². The van der Waals surface area contributed by atoms with Gasteiger partial charge in [0.25, 0.3) is 0 Å². The van der Waals surface area contributed by atoms with Gasteiger partial charge in [-0.1, -0.05) is 43.6 Å². The molecule has 2 aliphatic heterocycles. The van der Waals surface area contributed by atoms with Gasteiger partial charge in [0.1, 0.15) is 0 Å². The number of amides is 1. The number of aromatic nitrogens is 1. The molecule has 0 aliphatic carbocycles. The summed E-state index contributed by atoms with van der Waals surface area (Å²) in [5.74, 6) is 1.24. The van der Waals surface area contributed by atoms with Gasteiger partial charge in [0, 0.05) is 43.3 Å². The van der Waals surface area contributed by atoms with E-state index >= 15 is 0 Å². The van der Waals surface area contributed by atoms with Crippen molar-refractivity contribution >= 4 is 42.3 Å². The van der Waals surface area contributed by atoms with Crippen LogP contribution in [0.15, 0.2) is 48.7 Å². The molecule has 1 amide bonds. The van der Waals surface area contributed by atoms with Crippen LogP contribution in [-0.2, 0) is 4.79 Å². The zero-order valence-electron chi connectivity index (χ0n) is 20.0. The third-order valence-electron chi connectivity index (χ3n) is 6.98. The second-order valence-corrected chi connectivity index (χ2v) is 9.94. The summed E-state index contributed by atoms with van der Waals surface area (Å²) >= 11 is 6.17. The van der Waals surface area contributed by atoms with Crippen molar-refractivity contribution in [2.45, 2.75) is 45.2 Å². The Balaban J connectivity index is 0.00000204. The maximum Gasteiger partial charge on any atom is 0.223 e. The number of pyridine rings is 1. The third kappa shape index (κ3) is 7.08. The standard InChI is InChI=1S/C26H35ClN4O.2ClH/c1-19(2)24-18-30(15-16-31(24)25(32)17-20-10-13-28-14-11-20)26(23-5-3-4-12-29-23)21-6-8-22(27)9-7-21;;/h3-9,12,19-20,24,26,28H,10-11,13-18H2,1-2H3;2*1H/t24-,26?;;/m1../s1. The molecule has 0 radical (unpaired) electrons. The number of hydrogen-bond donors (Lipinski definition) is 1. The molecule has 1 aromatic carbocycles. The summed E-state index contributed by atoms with van der Waals surface area (Å²) in [6, 6.07) is 14.4. The number of nitrogens with one attached hydrogen (secondary N) is 1. The number of carbonyl (C=O) groups is 1. The molecule has 2 atom stereocenters. The fourth-order valence-corrected chi connectivity index (χ4v) is 5.27. The Hall–Kier alpha value is -1.37. The fourth-order valence-electron chi connectivity index (χ4n) is 5.15. The van der Waals surface area contributed by atoms with Crippen molar-refractivity contribution in [1.29, 1.82) is 0 Å². The number of piperazine rings is 1. The van der Waals surface area contributed by atoms with Crippen molar-refractivity contribution in [3.63, 3.8) is 0 Å². The van der Waals surface area contributed by atoms with Crippen LogP contribution in [0.3, 0.4) is 0 Å². The van der Waals surface area contributed by atoms with Crippen LogP contribution in [0.1, 0.15) is 50.4 Å². The lowest BCUT2D eigenvalue weighted by Crippen LogP contribution is -2.58. The number of piperidine rings is 1. The Morgan fingerprint density at radius 3 is 2.41 bits per heavy atom. The molecule has 2 aromatic rings. The molecule has 0 spiro atoms. The molecular formula is C26H37Cl3N4O. The first-order chi connectivity index (χ1) is 15.5. The summed E-state index contributed by atoms with van der Waals surface area (Å²) in [7, 11) is 0. The normalized spacial score (nSPS) is 20.4. The van der Waals surface area contributed by atoms with E-state index in [1.165, 1.54) is 5.56 Å². The molecule has 3 heterocycles. The van der Waals surface area contributed by atoms with Crippen LogP contribution in [0, 0.1) is 11.8 Å². The summed E-state index contributed by atoms with van der Waals surface area (Å²) in [6.07, 6.45) is 4.76. The van der Waals surface area contributed by atoms with Gasteiger partial charge in [-0.05, 0) is 67.6 Å². The summed E-state index contributed by atoms with van der Waals surface area (Å²) in [5.41, 5.74) is 2.22. The van der Waals surface area contributed by atoms with Crippen LogP contribution in [0.25, 0.3) is 0 Å². The quantitative estimate of drug-likeness (QED) is 0.559. The molecular weight excluding hydrogens is 491 g/mol. The van der Waals surface area contributed by atoms with Crippen molar-refractivity contribution in [3.8, 4) is 0 Å². The van der Waals surface area contributed by atoms with Crippen molar-refractivity contribution in [1.82, 2.24) is 20.1 Å². The zero-order valence-corrected chi connectivity index (χ0v) is 22.4. The lowest BCUT2D eigenvalue weighted by Gasteiger charge is -2.46. The van der Waals surface area contributed by atoms with Crippen molar-refractivity contribution < 1.29 is 4.79 Å². The van der Waals surface area contributed by atoms with Crippen LogP contribution in [-0.4, -0.2) is 59.5 Å². The number of nitrogens with zero attached hydrogens (tertiary/aromatic N) is 3. The lowest BCUT2D eigenvalue weighted by atomic mass is 9.91. The number of rotatable bonds is 6. The van der Waals surface area contributed by atoms with Gasteiger partial charge < -0.3 is 10.2 Å². The molecule has 34 heavy (non-hydrogen) atoms. The molecule has 1 unspecified atom stereocenters. The smallest absolute Gasteiger partial charge is 0.223 e. The van der Waals surface area contributed by atoms with E-state index in [9.17, 15) is 4.79 Å². The molecule has 0 bridgehead atoms. The van der Waals surface area contributed by atoms with E-state index < -0.39 is 0 Å². The summed E-state index contributed by atoms with van der Waals surface area (Å²) < 4.78 is 0. The van der Waals surface area contributed by atoms with E-state index in [4.69, 9.17) is 16.6 Å². The third-order valence-corrected chi connectivity index (χ3v) is 7.23. The number of benzene rings is 1. The number of carbonyl (C=O) groups excluding carboxylic acids is 1. The summed E-state index contributed by atoms with van der Waals surface area (Å²) in [5, 5.41) is 4.14. The van der Waals surface area contributed by atoms with Gasteiger partial charge in [-0.2, -0.15) is 0 Å². The zero-order chi connectivity index (χ0) is 22.5. The Labute approximate surface area is 221 Å². The maximum absolute atomic E-state index is 13.3. The second kappa shape index (κ2) is 13.6. The Morgan fingerprint density at radius 1 is 1.09 bits per heavy atom. The average molecular weight is 528 g/mol. The minimum absolute atomic E-state index is 0. The van der Waals surface area contributed by atoms with E-state index in [0.29, 0.717) is 24.2 Å². The first-order valence-corrected chi connectivity index (χ1v) is 12.3. The van der Waals surface area contributed by atoms with Crippen LogP contribution in [0.4, 0.5) is 0 Å². The Kier molecular flexibility index (Phi) is 11.6. The molecule has 2 saturated heterocycles. The minimum atomic E-state index is 0. The monoisotopic (exact) mass is 526 g/mol. The predicted octanol–water partition coefficient (Wildman–Crippen LogP) is 5.23. The fraction of sp³-hybridized carbons (Fsp3) is 0.538. The molecule has 2 aliphatic rings. The van der Waals surface area contributed by atoms with Gasteiger partial charge in [-0.25, -0.2) is 0 Å². The topological polar surface area (TPSA) is 48.5 Å². The molecule has 2 fully saturated rings. The minimum Gasteiger partial charge on any atom is -0.337 e. The Bertz CT molecular complexity index is 875. The number of hydrogen-bond acceptors (Lipinski definition) is 4. The predicted molar refractivity (Wildman–Crippen MR) is 144 cm³/mol. The summed E-state index contributed by atoms with van der Waals surface area (Å²) in [4.78, 5) is 22.6. The average Bonchev–Trinajstić information content (AvgIpc) is 2.82. The van der Waals surface area contributed by atoms with Gasteiger partial charge in [-0.15, -0.1) is 24.8 Å². The van der Waals surface area contributed by atoms with Crippen molar-refractivity contribution in [2.75, 3.05) is 32.7 Å². The lowest BCUT2D eigenvalue weighted by molar-refractivity contribution is -0.139. The highest BCUT2D eigenvalue weighted by molar-refractivity contribution is 6.30. The molecule has 188 valence electrons. The van der Waals surface area contributed by atoms with Gasteiger partial charge in [0.05, 0.1) is 11.7 Å². The molecule has 8 heteroatoms. The van der Waals surface area contributed by atoms with Crippen molar-refractivity contribution in [3.05, 3.63) is 64.9 Å². The van der Waals surface area contributed by atoms with Gasteiger partial charge in [0.2, 0.25) is 5.91 Å². The maximum atomic E-state index is 13.3. The highest BCUT2D eigenvalue weighted by Crippen LogP contribution is 2.32. The first kappa shape index (κ1) is 28.9. The van der Waals surface area contributed by atoms with Crippen LogP contribution >= 0.6 is 36.4 Å². The van der Waals surface area contributed by atoms with Gasteiger partial charge in [0.15, 0.2) is 0 Å². The number of halogens is 3. The molecule has 0 saturated carbocycles. The van der Waals surface area contributed by atoms with E-state index in [0.717, 1.165) is 56.3 Å². The molecule has 5 nitrogen and oxygen atoms in total.